The quantitative estimate of drug-likeness (QED) is 0.590. The van der Waals surface area contributed by atoms with Gasteiger partial charge in [0.2, 0.25) is 0 Å². The number of carboxylic acids is 1. The normalized spacial score (nSPS) is 35.4. The Hall–Kier alpha value is -0.650. The van der Waals surface area contributed by atoms with Crippen LogP contribution in [0.2, 0.25) is 0 Å². The van der Waals surface area contributed by atoms with E-state index >= 15 is 0 Å². The van der Waals surface area contributed by atoms with Crippen LogP contribution in [0.5, 0.6) is 0 Å². The van der Waals surface area contributed by atoms with Crippen LogP contribution < -0.4 is 0 Å². The highest BCUT2D eigenvalue weighted by Crippen LogP contribution is 2.21. The summed E-state index contributed by atoms with van der Waals surface area (Å²) in [5.41, 5.74) is 0. The third kappa shape index (κ3) is 1.68. The number of hydrogen-bond acceptors (Lipinski definition) is 3. The molecule has 1 aliphatic rings. The minimum Gasteiger partial charge on any atom is -0.481 e. The van der Waals surface area contributed by atoms with E-state index in [-0.39, 0.29) is 0 Å². The molecule has 1 saturated heterocycles. The number of halogens is 1. The Kier molecular flexibility index (Phi) is 1.87. The van der Waals surface area contributed by atoms with Crippen LogP contribution in [-0.4, -0.2) is 37.2 Å². The molecule has 0 unspecified atom stereocenters. The van der Waals surface area contributed by atoms with Gasteiger partial charge in [0, 0.05) is 0 Å². The van der Waals surface area contributed by atoms with E-state index in [1.54, 1.807) is 0 Å². The molecule has 2 atom stereocenters. The summed E-state index contributed by atoms with van der Waals surface area (Å²) in [6, 6.07) is 0. The molecule has 0 aliphatic carbocycles. The Balaban J connectivity index is 2.83. The Morgan fingerprint density at radius 3 is 2.18 bits per heavy atom. The average molecular weight is 182 g/mol. The maximum Gasteiger partial charge on any atom is 0.310 e. The van der Waals surface area contributed by atoms with Gasteiger partial charge in [-0.2, -0.15) is 0 Å². The smallest absolute Gasteiger partial charge is 0.310 e. The van der Waals surface area contributed by atoms with Gasteiger partial charge in [-0.25, -0.2) is 12.8 Å². The largest absolute Gasteiger partial charge is 0.481 e. The lowest BCUT2D eigenvalue weighted by molar-refractivity contribution is -0.142. The summed E-state index contributed by atoms with van der Waals surface area (Å²) in [5, 5.41) is 8.31. The summed E-state index contributed by atoms with van der Waals surface area (Å²) in [5.74, 6) is -3.95. The van der Waals surface area contributed by atoms with Crippen molar-refractivity contribution in [3.63, 3.8) is 0 Å². The summed E-state index contributed by atoms with van der Waals surface area (Å²) in [6.07, 6.45) is -1.74. The van der Waals surface area contributed by atoms with E-state index in [0.29, 0.717) is 0 Å². The van der Waals surface area contributed by atoms with Crippen molar-refractivity contribution in [2.24, 2.45) is 5.92 Å². The van der Waals surface area contributed by atoms with Crippen LogP contribution in [-0.2, 0) is 14.6 Å². The molecule has 6 heteroatoms. The summed E-state index contributed by atoms with van der Waals surface area (Å²) in [7, 11) is -3.45. The van der Waals surface area contributed by atoms with E-state index in [1.165, 1.54) is 0 Å². The molecule has 64 valence electrons. The molecule has 0 saturated carbocycles. The highest BCUT2D eigenvalue weighted by atomic mass is 32.2. The van der Waals surface area contributed by atoms with Gasteiger partial charge in [0.25, 0.3) is 0 Å². The van der Waals surface area contributed by atoms with E-state index in [1.807, 2.05) is 0 Å². The highest BCUT2D eigenvalue weighted by Gasteiger charge is 2.42. The molecule has 4 nitrogen and oxygen atoms in total. The molecule has 0 aromatic rings. The Morgan fingerprint density at radius 2 is 2.00 bits per heavy atom. The number of aliphatic carboxylic acids is 1. The number of sulfone groups is 1. The van der Waals surface area contributed by atoms with Crippen molar-refractivity contribution in [2.45, 2.75) is 6.17 Å². The van der Waals surface area contributed by atoms with Crippen molar-refractivity contribution >= 4 is 15.8 Å². The zero-order valence-electron chi connectivity index (χ0n) is 5.53. The molecule has 1 N–H and O–H groups in total. The number of hydrogen-bond donors (Lipinski definition) is 1. The van der Waals surface area contributed by atoms with E-state index in [0.717, 1.165) is 0 Å². The standard InChI is InChI=1S/C5H7FO4S/c6-4-2-11(9,10)1-3(4)5(7)8/h3-4H,1-2H2,(H,7,8)/t3-,4+/m0/s1. The van der Waals surface area contributed by atoms with Crippen LogP contribution >= 0.6 is 0 Å². The molecule has 0 aromatic carbocycles. The van der Waals surface area contributed by atoms with Crippen LogP contribution in [0.25, 0.3) is 0 Å². The second kappa shape index (κ2) is 2.44. The fraction of sp³-hybridized carbons (Fsp3) is 0.800. The Morgan fingerprint density at radius 1 is 1.45 bits per heavy atom. The second-order valence-electron chi connectivity index (χ2n) is 2.54. The minimum absolute atomic E-state index is 0.566. The van der Waals surface area contributed by atoms with Crippen LogP contribution in [0.4, 0.5) is 4.39 Å². The first-order valence-corrected chi connectivity index (χ1v) is 4.82. The number of alkyl halides is 1. The number of carboxylic acid groups (broad SMARTS) is 1. The third-order valence-corrected chi connectivity index (χ3v) is 3.29. The Labute approximate surface area is 62.9 Å². The zero-order valence-corrected chi connectivity index (χ0v) is 6.34. The average Bonchev–Trinajstić information content (AvgIpc) is 2.05. The molecular formula is C5H7FO4S. The summed E-state index contributed by atoms with van der Waals surface area (Å²) < 4.78 is 33.9. The lowest BCUT2D eigenvalue weighted by Crippen LogP contribution is -2.22. The van der Waals surface area contributed by atoms with E-state index in [4.69, 9.17) is 5.11 Å². The summed E-state index contributed by atoms with van der Waals surface area (Å²) >= 11 is 0. The van der Waals surface area contributed by atoms with Crippen LogP contribution in [0.15, 0.2) is 0 Å². The molecule has 11 heavy (non-hydrogen) atoms. The molecule has 1 heterocycles. The maximum atomic E-state index is 12.6. The maximum absolute atomic E-state index is 12.6. The minimum atomic E-state index is -3.45. The van der Waals surface area contributed by atoms with E-state index in [2.05, 4.69) is 0 Å². The molecule has 1 aliphatic heterocycles. The molecule has 0 aromatic heterocycles. The van der Waals surface area contributed by atoms with Gasteiger partial charge in [0.1, 0.15) is 12.1 Å². The van der Waals surface area contributed by atoms with Gasteiger partial charge in [-0.15, -0.1) is 0 Å². The fourth-order valence-corrected chi connectivity index (χ4v) is 2.78. The second-order valence-corrected chi connectivity index (χ2v) is 4.69. The molecule has 0 bridgehead atoms. The van der Waals surface area contributed by atoms with Crippen molar-refractivity contribution in [1.29, 1.82) is 0 Å². The van der Waals surface area contributed by atoms with Crippen molar-refractivity contribution in [2.75, 3.05) is 11.5 Å². The first kappa shape index (κ1) is 8.45. The van der Waals surface area contributed by atoms with Crippen molar-refractivity contribution in [3.05, 3.63) is 0 Å². The monoisotopic (exact) mass is 182 g/mol. The number of carbonyl (C=O) groups is 1. The molecular weight excluding hydrogens is 175 g/mol. The van der Waals surface area contributed by atoms with E-state index < -0.39 is 39.4 Å². The molecule has 1 rings (SSSR count). The summed E-state index contributed by atoms with van der Waals surface area (Å²) in [4.78, 5) is 10.2. The SMILES string of the molecule is O=C(O)[C@H]1CS(=O)(=O)C[C@H]1F. The van der Waals surface area contributed by atoms with Gasteiger partial charge < -0.3 is 5.11 Å². The lowest BCUT2D eigenvalue weighted by atomic mass is 10.1. The zero-order chi connectivity index (χ0) is 8.65. The first-order valence-electron chi connectivity index (χ1n) is 3.00. The van der Waals surface area contributed by atoms with Crippen LogP contribution in [0, 0.1) is 5.92 Å². The van der Waals surface area contributed by atoms with E-state index in [9.17, 15) is 17.6 Å². The van der Waals surface area contributed by atoms with Crippen LogP contribution in [0.3, 0.4) is 0 Å². The van der Waals surface area contributed by atoms with Crippen molar-refractivity contribution < 1.29 is 22.7 Å². The topological polar surface area (TPSA) is 71.4 Å². The van der Waals surface area contributed by atoms with Gasteiger partial charge in [0.05, 0.1) is 11.5 Å². The van der Waals surface area contributed by atoms with Gasteiger partial charge in [0.15, 0.2) is 9.84 Å². The highest BCUT2D eigenvalue weighted by molar-refractivity contribution is 7.91. The van der Waals surface area contributed by atoms with Crippen LogP contribution in [0.1, 0.15) is 0 Å². The summed E-state index contributed by atoms with van der Waals surface area (Å²) in [6.45, 7) is 0. The molecule has 1 fully saturated rings. The van der Waals surface area contributed by atoms with Gasteiger partial charge in [-0.05, 0) is 0 Å². The fourth-order valence-electron chi connectivity index (χ4n) is 1.03. The Bertz CT molecular complexity index is 270. The lowest BCUT2D eigenvalue weighted by Gasteiger charge is -2.01. The molecule has 0 amide bonds. The number of rotatable bonds is 1. The van der Waals surface area contributed by atoms with Gasteiger partial charge in [-0.3, -0.25) is 4.79 Å². The predicted molar refractivity (Wildman–Crippen MR) is 34.7 cm³/mol. The predicted octanol–water partition coefficient (Wildman–Crippen LogP) is -0.546. The third-order valence-electron chi connectivity index (χ3n) is 1.60. The first-order chi connectivity index (χ1) is 4.92. The van der Waals surface area contributed by atoms with Crippen molar-refractivity contribution in [3.8, 4) is 0 Å². The van der Waals surface area contributed by atoms with Gasteiger partial charge >= 0.3 is 5.97 Å². The molecule has 0 radical (unpaired) electrons. The molecule has 0 spiro atoms. The van der Waals surface area contributed by atoms with Crippen molar-refractivity contribution in [1.82, 2.24) is 0 Å². The van der Waals surface area contributed by atoms with Gasteiger partial charge in [-0.1, -0.05) is 0 Å².